The standard InChI is InChI=1S/C27H24N6O7/c34-20(28-11-15-6-7-17-19(10-15)39-14-38-17)9-8-18-22(35)23(36)27(40-18)33-13-31-21-24(29-12-30-25(21)33)32-26(37)16-4-2-1-3-5-16/h1-10,12-13,18,22-23,27,35-36H,11,14H2,(H,28,34)(H,29,30,32,37)/b9-8+/t18-,22-,23-,27-/m1/s1. The van der Waals surface area contributed by atoms with Gasteiger partial charge in [0, 0.05) is 18.2 Å². The van der Waals surface area contributed by atoms with Crippen molar-refractivity contribution < 1.29 is 34.0 Å². The summed E-state index contributed by atoms with van der Waals surface area (Å²) in [6.07, 6.45) is 0.541. The smallest absolute Gasteiger partial charge is 0.256 e. The van der Waals surface area contributed by atoms with Gasteiger partial charge in [0.25, 0.3) is 5.91 Å². The van der Waals surface area contributed by atoms with Crippen LogP contribution in [0.2, 0.25) is 0 Å². The molecule has 13 nitrogen and oxygen atoms in total. The summed E-state index contributed by atoms with van der Waals surface area (Å²) in [6.45, 7) is 0.418. The Morgan fingerprint density at radius 3 is 2.70 bits per heavy atom. The van der Waals surface area contributed by atoms with E-state index in [1.165, 1.54) is 29.4 Å². The number of aliphatic hydroxyl groups is 2. The first-order chi connectivity index (χ1) is 19.5. The second-order valence-corrected chi connectivity index (χ2v) is 9.10. The molecule has 1 saturated heterocycles. The molecular weight excluding hydrogens is 520 g/mol. The number of carbonyl (C=O) groups is 2. The number of ether oxygens (including phenoxy) is 3. The van der Waals surface area contributed by atoms with E-state index in [9.17, 15) is 19.8 Å². The van der Waals surface area contributed by atoms with Gasteiger partial charge in [-0.05, 0) is 35.9 Å². The lowest BCUT2D eigenvalue weighted by Gasteiger charge is -2.16. The maximum atomic E-state index is 12.6. The van der Waals surface area contributed by atoms with Crippen molar-refractivity contribution in [2.75, 3.05) is 12.1 Å². The third-order valence-corrected chi connectivity index (χ3v) is 6.52. The molecule has 4 N–H and O–H groups in total. The van der Waals surface area contributed by atoms with Gasteiger partial charge in [0.05, 0.1) is 6.33 Å². The molecule has 4 aromatic rings. The normalized spacial score (nSPS) is 21.6. The van der Waals surface area contributed by atoms with Crippen molar-refractivity contribution in [3.8, 4) is 11.5 Å². The summed E-state index contributed by atoms with van der Waals surface area (Å²) in [4.78, 5) is 37.6. The molecule has 1 fully saturated rings. The van der Waals surface area contributed by atoms with Crippen LogP contribution >= 0.6 is 0 Å². The lowest BCUT2D eigenvalue weighted by molar-refractivity contribution is -0.116. The molecule has 0 aliphatic carbocycles. The Bertz CT molecular complexity index is 1590. The monoisotopic (exact) mass is 544 g/mol. The molecule has 204 valence electrons. The Morgan fingerprint density at radius 2 is 1.85 bits per heavy atom. The Kier molecular flexibility index (Phi) is 6.82. The number of nitrogens with zero attached hydrogens (tertiary/aromatic N) is 4. The highest BCUT2D eigenvalue weighted by Crippen LogP contribution is 2.34. The van der Waals surface area contributed by atoms with Crippen LogP contribution in [0.15, 0.2) is 73.3 Å². The third kappa shape index (κ3) is 4.96. The quantitative estimate of drug-likeness (QED) is 0.249. The molecule has 0 unspecified atom stereocenters. The van der Waals surface area contributed by atoms with Crippen LogP contribution in [0.4, 0.5) is 5.82 Å². The molecule has 2 aromatic carbocycles. The number of amides is 2. The van der Waals surface area contributed by atoms with Gasteiger partial charge in [0.2, 0.25) is 12.7 Å². The fourth-order valence-electron chi connectivity index (χ4n) is 4.45. The number of nitrogens with one attached hydrogen (secondary N) is 2. The van der Waals surface area contributed by atoms with E-state index in [4.69, 9.17) is 14.2 Å². The average molecular weight is 545 g/mol. The molecular formula is C27H24N6O7. The van der Waals surface area contributed by atoms with E-state index in [2.05, 4.69) is 25.6 Å². The van der Waals surface area contributed by atoms with Crippen LogP contribution in [-0.2, 0) is 16.1 Å². The molecule has 4 atom stereocenters. The minimum atomic E-state index is -1.35. The van der Waals surface area contributed by atoms with Gasteiger partial charge in [0.1, 0.15) is 24.6 Å². The van der Waals surface area contributed by atoms with Gasteiger partial charge in [-0.3, -0.25) is 14.2 Å². The summed E-state index contributed by atoms with van der Waals surface area (Å²) in [6, 6.07) is 14.0. The highest BCUT2D eigenvalue weighted by atomic mass is 16.7. The molecule has 0 bridgehead atoms. The maximum absolute atomic E-state index is 12.6. The Balaban J connectivity index is 1.12. The SMILES string of the molecule is O=C(/C=C/[C@H]1O[C@@H](n2cnc3c(NC(=O)c4ccccc4)ncnc32)[C@H](O)[C@@H]1O)NCc1ccc2c(c1)OCO2. The van der Waals surface area contributed by atoms with E-state index >= 15 is 0 Å². The Morgan fingerprint density at radius 1 is 1.02 bits per heavy atom. The number of anilines is 1. The number of carbonyl (C=O) groups excluding carboxylic acids is 2. The fraction of sp³-hybridized carbons (Fsp3) is 0.222. The minimum absolute atomic E-state index is 0.165. The van der Waals surface area contributed by atoms with Crippen LogP contribution in [0.1, 0.15) is 22.1 Å². The minimum Gasteiger partial charge on any atom is -0.454 e. The van der Waals surface area contributed by atoms with Gasteiger partial charge in [-0.2, -0.15) is 0 Å². The van der Waals surface area contributed by atoms with Crippen LogP contribution in [0.5, 0.6) is 11.5 Å². The lowest BCUT2D eigenvalue weighted by Crippen LogP contribution is -2.31. The van der Waals surface area contributed by atoms with Gasteiger partial charge in [-0.25, -0.2) is 15.0 Å². The van der Waals surface area contributed by atoms with Crippen molar-refractivity contribution in [2.45, 2.75) is 31.1 Å². The van der Waals surface area contributed by atoms with E-state index in [1.807, 2.05) is 6.07 Å². The molecule has 40 heavy (non-hydrogen) atoms. The van der Waals surface area contributed by atoms with Gasteiger partial charge in [-0.1, -0.05) is 24.3 Å². The maximum Gasteiger partial charge on any atom is 0.256 e. The summed E-state index contributed by atoms with van der Waals surface area (Å²) in [5, 5.41) is 26.8. The van der Waals surface area contributed by atoms with Gasteiger partial charge < -0.3 is 35.1 Å². The number of hydrogen-bond donors (Lipinski definition) is 4. The van der Waals surface area contributed by atoms with Crippen molar-refractivity contribution in [1.82, 2.24) is 24.8 Å². The second kappa shape index (κ2) is 10.7. The summed E-state index contributed by atoms with van der Waals surface area (Å²) in [5.41, 5.74) is 1.83. The molecule has 0 radical (unpaired) electrons. The summed E-state index contributed by atoms with van der Waals surface area (Å²) >= 11 is 0. The Labute approximate surface area is 227 Å². The molecule has 0 saturated carbocycles. The van der Waals surface area contributed by atoms with Crippen molar-refractivity contribution >= 4 is 28.8 Å². The molecule has 0 spiro atoms. The molecule has 4 heterocycles. The van der Waals surface area contributed by atoms with E-state index in [-0.39, 0.29) is 36.2 Å². The zero-order chi connectivity index (χ0) is 27.6. The zero-order valence-electron chi connectivity index (χ0n) is 20.9. The van der Waals surface area contributed by atoms with Crippen LogP contribution < -0.4 is 20.1 Å². The fourth-order valence-corrected chi connectivity index (χ4v) is 4.45. The molecule has 6 rings (SSSR count). The number of aromatic nitrogens is 4. The zero-order valence-corrected chi connectivity index (χ0v) is 20.9. The summed E-state index contributed by atoms with van der Waals surface area (Å²) in [5.74, 6) is 0.672. The first-order valence-corrected chi connectivity index (χ1v) is 12.4. The van der Waals surface area contributed by atoms with Crippen LogP contribution in [0, 0.1) is 0 Å². The first-order valence-electron chi connectivity index (χ1n) is 12.4. The van der Waals surface area contributed by atoms with Crippen molar-refractivity contribution in [3.63, 3.8) is 0 Å². The molecule has 2 amide bonds. The topological polar surface area (TPSA) is 170 Å². The predicted molar refractivity (Wildman–Crippen MR) is 139 cm³/mol. The highest BCUT2D eigenvalue weighted by Gasteiger charge is 2.43. The molecule has 2 aliphatic heterocycles. The van der Waals surface area contributed by atoms with E-state index < -0.39 is 30.4 Å². The predicted octanol–water partition coefficient (Wildman–Crippen LogP) is 1.30. The van der Waals surface area contributed by atoms with Gasteiger partial charge >= 0.3 is 0 Å². The van der Waals surface area contributed by atoms with Crippen LogP contribution in [0.25, 0.3) is 11.2 Å². The average Bonchev–Trinajstić information content (AvgIpc) is 3.69. The molecule has 2 aromatic heterocycles. The highest BCUT2D eigenvalue weighted by molar-refractivity contribution is 6.06. The van der Waals surface area contributed by atoms with E-state index in [0.29, 0.717) is 17.1 Å². The molecule has 13 heteroatoms. The van der Waals surface area contributed by atoms with Gasteiger partial charge in [0.15, 0.2) is 34.7 Å². The van der Waals surface area contributed by atoms with Crippen molar-refractivity contribution in [3.05, 3.63) is 84.5 Å². The summed E-state index contributed by atoms with van der Waals surface area (Å²) in [7, 11) is 0. The summed E-state index contributed by atoms with van der Waals surface area (Å²) < 4.78 is 17.9. The van der Waals surface area contributed by atoms with E-state index in [0.717, 1.165) is 5.56 Å². The number of rotatable bonds is 7. The number of fused-ring (bicyclic) bond motifs is 2. The van der Waals surface area contributed by atoms with E-state index in [1.54, 1.807) is 42.5 Å². The van der Waals surface area contributed by atoms with Crippen molar-refractivity contribution in [2.24, 2.45) is 0 Å². The second-order valence-electron chi connectivity index (χ2n) is 9.10. The van der Waals surface area contributed by atoms with Gasteiger partial charge in [-0.15, -0.1) is 0 Å². The molecule has 2 aliphatic rings. The number of imidazole rings is 1. The largest absolute Gasteiger partial charge is 0.454 e. The number of aliphatic hydroxyl groups excluding tert-OH is 2. The van der Waals surface area contributed by atoms with Crippen molar-refractivity contribution in [1.29, 1.82) is 0 Å². The van der Waals surface area contributed by atoms with Crippen LogP contribution in [0.3, 0.4) is 0 Å². The lowest BCUT2D eigenvalue weighted by atomic mass is 10.1. The third-order valence-electron chi connectivity index (χ3n) is 6.52. The Hall–Kier alpha value is -4.85. The first kappa shape index (κ1) is 25.4. The number of benzene rings is 2. The van der Waals surface area contributed by atoms with Crippen LogP contribution in [-0.4, -0.2) is 66.7 Å². The number of hydrogen-bond acceptors (Lipinski definition) is 10.